The lowest BCUT2D eigenvalue weighted by molar-refractivity contribution is -0.105. The Morgan fingerprint density at radius 1 is 0.458 bits per heavy atom. The van der Waals surface area contributed by atoms with Crippen molar-refractivity contribution in [1.29, 1.82) is 0 Å². The lowest BCUT2D eigenvalue weighted by Gasteiger charge is -2.37. The van der Waals surface area contributed by atoms with Gasteiger partial charge in [-0.1, -0.05) is 140 Å². The van der Waals surface area contributed by atoms with Crippen LogP contribution in [0.3, 0.4) is 0 Å². The summed E-state index contributed by atoms with van der Waals surface area (Å²) in [5, 5.41) is 0. The van der Waals surface area contributed by atoms with E-state index in [4.69, 9.17) is 9.47 Å². The van der Waals surface area contributed by atoms with Crippen LogP contribution in [0.4, 0.5) is 0 Å². The van der Waals surface area contributed by atoms with Crippen molar-refractivity contribution in [3.63, 3.8) is 0 Å². The molecule has 3 nitrogen and oxygen atoms in total. The van der Waals surface area contributed by atoms with Gasteiger partial charge in [0.1, 0.15) is 0 Å². The smallest absolute Gasteiger partial charge is 0.0839 e. The van der Waals surface area contributed by atoms with Gasteiger partial charge in [0.2, 0.25) is 0 Å². The Bertz CT molecular complexity index is 769. The first-order chi connectivity index (χ1) is 23.7. The summed E-state index contributed by atoms with van der Waals surface area (Å²) < 4.78 is 13.0. The highest BCUT2D eigenvalue weighted by Gasteiger charge is 2.32. The molecule has 0 saturated heterocycles. The van der Waals surface area contributed by atoms with Crippen LogP contribution in [-0.4, -0.2) is 51.0 Å². The van der Waals surface area contributed by atoms with Crippen molar-refractivity contribution in [2.75, 3.05) is 33.9 Å². The van der Waals surface area contributed by atoms with Crippen molar-refractivity contribution in [3.05, 3.63) is 48.6 Å². The number of nitrogens with zero attached hydrogens (tertiary/aromatic N) is 1. The monoisotopic (exact) mass is 670 g/mol. The summed E-state index contributed by atoms with van der Waals surface area (Å²) in [4.78, 5) is 2.34. The topological polar surface area (TPSA) is 21.7 Å². The highest BCUT2D eigenvalue weighted by molar-refractivity contribution is 4.93. The third-order valence-electron chi connectivity index (χ3n) is 9.82. The molecular formula is C45H83NO2. The van der Waals surface area contributed by atoms with Gasteiger partial charge in [0, 0.05) is 19.8 Å². The van der Waals surface area contributed by atoms with Crippen LogP contribution in [0, 0.1) is 5.92 Å². The molecule has 0 spiro atoms. The number of unbranched alkanes of at least 4 members (excludes halogenated alkanes) is 18. The molecule has 0 aromatic heterocycles. The first kappa shape index (κ1) is 44.9. The van der Waals surface area contributed by atoms with Crippen molar-refractivity contribution >= 4 is 0 Å². The van der Waals surface area contributed by atoms with E-state index in [1.165, 1.54) is 154 Å². The highest BCUT2D eigenvalue weighted by atomic mass is 16.5. The Balaban J connectivity index is 2.09. The molecule has 280 valence electrons. The lowest BCUT2D eigenvalue weighted by atomic mass is 9.84. The van der Waals surface area contributed by atoms with E-state index in [9.17, 15) is 0 Å². The molecule has 0 N–H and O–H groups in total. The molecule has 1 fully saturated rings. The maximum absolute atomic E-state index is 6.54. The lowest BCUT2D eigenvalue weighted by Crippen LogP contribution is -2.40. The molecule has 3 heteroatoms. The fraction of sp³-hybridized carbons (Fsp3) is 0.822. The molecule has 1 saturated carbocycles. The van der Waals surface area contributed by atoms with Crippen LogP contribution in [0.15, 0.2) is 48.6 Å². The molecule has 0 amide bonds. The van der Waals surface area contributed by atoms with Gasteiger partial charge >= 0.3 is 0 Å². The van der Waals surface area contributed by atoms with Crippen molar-refractivity contribution in [1.82, 2.24) is 4.90 Å². The third-order valence-corrected chi connectivity index (χ3v) is 9.82. The number of rotatable bonds is 34. The van der Waals surface area contributed by atoms with Gasteiger partial charge in [-0.2, -0.15) is 0 Å². The van der Waals surface area contributed by atoms with E-state index in [2.05, 4.69) is 81.5 Å². The van der Waals surface area contributed by atoms with Gasteiger partial charge in [-0.25, -0.2) is 0 Å². The third kappa shape index (κ3) is 29.7. The van der Waals surface area contributed by atoms with Gasteiger partial charge < -0.3 is 14.4 Å². The van der Waals surface area contributed by atoms with Gasteiger partial charge in [-0.05, 0) is 116 Å². The molecule has 1 aliphatic carbocycles. The maximum Gasteiger partial charge on any atom is 0.0839 e. The number of hydrogen-bond donors (Lipinski definition) is 0. The average Bonchev–Trinajstić information content (AvgIpc) is 3.08. The van der Waals surface area contributed by atoms with Crippen LogP contribution >= 0.6 is 0 Å². The Labute approximate surface area is 301 Å². The Kier molecular flexibility index (Phi) is 33.3. The van der Waals surface area contributed by atoms with E-state index in [1.54, 1.807) is 0 Å². The largest absolute Gasteiger partial charge is 0.376 e. The molecule has 0 aromatic rings. The summed E-state index contributed by atoms with van der Waals surface area (Å²) in [6, 6.07) is 0. The van der Waals surface area contributed by atoms with Crippen molar-refractivity contribution in [2.24, 2.45) is 5.92 Å². The maximum atomic E-state index is 6.54. The van der Waals surface area contributed by atoms with Crippen LogP contribution in [-0.2, 0) is 9.47 Å². The number of hydrogen-bond acceptors (Lipinski definition) is 3. The van der Waals surface area contributed by atoms with Crippen molar-refractivity contribution in [2.45, 2.75) is 199 Å². The quantitative estimate of drug-likeness (QED) is 0.0503. The first-order valence-electron chi connectivity index (χ1n) is 21.1. The minimum Gasteiger partial charge on any atom is -0.376 e. The van der Waals surface area contributed by atoms with E-state index in [-0.39, 0.29) is 6.10 Å². The Morgan fingerprint density at radius 2 is 0.854 bits per heavy atom. The van der Waals surface area contributed by atoms with Crippen molar-refractivity contribution in [3.8, 4) is 0 Å². The summed E-state index contributed by atoms with van der Waals surface area (Å²) in [7, 11) is 4.41. The van der Waals surface area contributed by atoms with E-state index >= 15 is 0 Å². The highest BCUT2D eigenvalue weighted by Crippen LogP contribution is 2.30. The summed E-state index contributed by atoms with van der Waals surface area (Å²) in [6.07, 6.45) is 54.0. The second-order valence-corrected chi connectivity index (χ2v) is 14.9. The minimum atomic E-state index is 0.284. The fourth-order valence-corrected chi connectivity index (χ4v) is 6.88. The Hall–Kier alpha value is -1.16. The molecule has 0 aromatic carbocycles. The Morgan fingerprint density at radius 3 is 1.29 bits per heavy atom. The van der Waals surface area contributed by atoms with Crippen LogP contribution in [0.2, 0.25) is 0 Å². The zero-order valence-corrected chi connectivity index (χ0v) is 32.8. The van der Waals surface area contributed by atoms with Gasteiger partial charge in [-0.3, -0.25) is 0 Å². The fourth-order valence-electron chi connectivity index (χ4n) is 6.88. The molecule has 0 heterocycles. The molecule has 3 unspecified atom stereocenters. The molecule has 3 atom stereocenters. The number of allylic oxidation sites excluding steroid dienone is 8. The molecule has 0 aliphatic heterocycles. The first-order valence-corrected chi connectivity index (χ1v) is 21.1. The van der Waals surface area contributed by atoms with Gasteiger partial charge in [-0.15, -0.1) is 0 Å². The van der Waals surface area contributed by atoms with Gasteiger partial charge in [0.05, 0.1) is 12.2 Å². The normalized spacial score (nSPS) is 19.0. The van der Waals surface area contributed by atoms with Crippen LogP contribution < -0.4 is 0 Å². The van der Waals surface area contributed by atoms with E-state index in [0.717, 1.165) is 44.8 Å². The predicted molar refractivity (Wildman–Crippen MR) is 214 cm³/mol. The summed E-state index contributed by atoms with van der Waals surface area (Å²) in [6.45, 7) is 7.52. The summed E-state index contributed by atoms with van der Waals surface area (Å²) in [5.74, 6) is 0.738. The average molecular weight is 670 g/mol. The molecular weight excluding hydrogens is 587 g/mol. The van der Waals surface area contributed by atoms with E-state index < -0.39 is 0 Å². The second-order valence-electron chi connectivity index (χ2n) is 14.9. The van der Waals surface area contributed by atoms with Crippen molar-refractivity contribution < 1.29 is 9.47 Å². The summed E-state index contributed by atoms with van der Waals surface area (Å²) >= 11 is 0. The number of ether oxygens (including phenoxy) is 2. The summed E-state index contributed by atoms with van der Waals surface area (Å²) in [5.41, 5.74) is 0. The van der Waals surface area contributed by atoms with E-state index in [0.29, 0.717) is 6.10 Å². The van der Waals surface area contributed by atoms with Crippen LogP contribution in [0.1, 0.15) is 187 Å². The zero-order chi connectivity index (χ0) is 34.6. The van der Waals surface area contributed by atoms with E-state index in [1.807, 2.05) is 0 Å². The SMILES string of the molecule is CCCCCC=CCC=CCCCCCCCCOC1CCC(CN(C)C)CC1OCCCCCCCCC=CCC=CCCCCC. The molecule has 1 rings (SSSR count). The standard InChI is InChI=1S/C45H83NO2/c1-5-7-9-11-13-15-17-19-21-23-25-27-29-31-33-35-39-47-44-38-37-43(42-46(3)4)41-45(44)48-40-36-34-32-30-28-26-24-22-20-18-16-14-12-10-8-6-2/h13-16,19-22,43-45H,5-12,17-18,23-42H2,1-4H3. The molecule has 1 aliphatic rings. The molecule has 48 heavy (non-hydrogen) atoms. The predicted octanol–water partition coefficient (Wildman–Crippen LogP) is 13.7. The van der Waals surface area contributed by atoms with Gasteiger partial charge in [0.15, 0.2) is 0 Å². The molecule has 0 radical (unpaired) electrons. The van der Waals surface area contributed by atoms with Crippen LogP contribution in [0.5, 0.6) is 0 Å². The molecule has 0 bridgehead atoms. The minimum absolute atomic E-state index is 0.284. The van der Waals surface area contributed by atoms with Crippen LogP contribution in [0.25, 0.3) is 0 Å². The second kappa shape index (κ2) is 35.7. The van der Waals surface area contributed by atoms with Gasteiger partial charge in [0.25, 0.3) is 0 Å². The zero-order valence-electron chi connectivity index (χ0n) is 32.8.